The molecule has 1 unspecified atom stereocenters. The average molecular weight is 332 g/mol. The molecule has 0 spiro atoms. The molecule has 1 rings (SSSR count). The SMILES string of the molecule is CCCNC(C#N)CCOc1c(Cl)cc([N+](=O)[O-])cc1Cl. The van der Waals surface area contributed by atoms with Crippen LogP contribution < -0.4 is 10.1 Å². The van der Waals surface area contributed by atoms with E-state index < -0.39 is 4.92 Å². The maximum Gasteiger partial charge on any atom is 0.272 e. The zero-order valence-electron chi connectivity index (χ0n) is 11.4. The summed E-state index contributed by atoms with van der Waals surface area (Å²) in [6.45, 7) is 2.98. The third kappa shape index (κ3) is 5.38. The third-order valence-electron chi connectivity index (χ3n) is 2.64. The second-order valence-electron chi connectivity index (χ2n) is 4.27. The number of ether oxygens (including phenoxy) is 1. The van der Waals surface area contributed by atoms with Crippen LogP contribution in [-0.2, 0) is 0 Å². The summed E-state index contributed by atoms with van der Waals surface area (Å²) in [5.41, 5.74) is -0.197. The Bertz CT molecular complexity index is 523. The lowest BCUT2D eigenvalue weighted by Crippen LogP contribution is -2.29. The number of non-ortho nitro benzene ring substituents is 1. The Balaban J connectivity index is 2.64. The number of hydrogen-bond donors (Lipinski definition) is 1. The maximum absolute atomic E-state index is 10.7. The zero-order valence-corrected chi connectivity index (χ0v) is 12.9. The van der Waals surface area contributed by atoms with E-state index in [4.69, 9.17) is 33.2 Å². The van der Waals surface area contributed by atoms with Crippen LogP contribution in [-0.4, -0.2) is 24.1 Å². The highest BCUT2D eigenvalue weighted by Crippen LogP contribution is 2.36. The highest BCUT2D eigenvalue weighted by molar-refractivity contribution is 6.37. The van der Waals surface area contributed by atoms with Crippen molar-refractivity contribution in [3.05, 3.63) is 32.3 Å². The second-order valence-corrected chi connectivity index (χ2v) is 5.08. The van der Waals surface area contributed by atoms with Gasteiger partial charge in [-0.3, -0.25) is 10.1 Å². The Hall–Kier alpha value is -1.55. The van der Waals surface area contributed by atoms with Crippen LogP contribution in [0.2, 0.25) is 10.0 Å². The van der Waals surface area contributed by atoms with Gasteiger partial charge in [0.05, 0.1) is 33.7 Å². The van der Waals surface area contributed by atoms with Gasteiger partial charge >= 0.3 is 0 Å². The smallest absolute Gasteiger partial charge is 0.272 e. The lowest BCUT2D eigenvalue weighted by atomic mass is 10.2. The van der Waals surface area contributed by atoms with Crippen LogP contribution in [0.3, 0.4) is 0 Å². The molecular formula is C13H15Cl2N3O3. The van der Waals surface area contributed by atoms with Gasteiger partial charge in [-0.05, 0) is 13.0 Å². The lowest BCUT2D eigenvalue weighted by Gasteiger charge is -2.13. The highest BCUT2D eigenvalue weighted by Gasteiger charge is 2.16. The van der Waals surface area contributed by atoms with Crippen molar-refractivity contribution in [3.63, 3.8) is 0 Å². The molecule has 0 saturated heterocycles. The van der Waals surface area contributed by atoms with Crippen molar-refractivity contribution in [1.82, 2.24) is 5.32 Å². The fourth-order valence-corrected chi connectivity index (χ4v) is 2.18. The van der Waals surface area contributed by atoms with E-state index >= 15 is 0 Å². The third-order valence-corrected chi connectivity index (χ3v) is 3.20. The van der Waals surface area contributed by atoms with Crippen LogP contribution in [0, 0.1) is 21.4 Å². The summed E-state index contributed by atoms with van der Waals surface area (Å²) in [7, 11) is 0. The van der Waals surface area contributed by atoms with Gasteiger partial charge < -0.3 is 10.1 Å². The van der Waals surface area contributed by atoms with E-state index in [9.17, 15) is 10.1 Å². The Kier molecular flexibility index (Phi) is 7.23. The number of nitro benzene ring substituents is 1. The van der Waals surface area contributed by atoms with Crippen molar-refractivity contribution >= 4 is 28.9 Å². The van der Waals surface area contributed by atoms with Crippen LogP contribution in [0.5, 0.6) is 5.75 Å². The summed E-state index contributed by atoms with van der Waals surface area (Å²) in [5, 5.41) is 22.8. The fourth-order valence-electron chi connectivity index (χ4n) is 1.60. The van der Waals surface area contributed by atoms with Crippen LogP contribution in [0.25, 0.3) is 0 Å². The van der Waals surface area contributed by atoms with Gasteiger partial charge in [0, 0.05) is 18.6 Å². The number of nitriles is 1. The first-order valence-electron chi connectivity index (χ1n) is 6.38. The lowest BCUT2D eigenvalue weighted by molar-refractivity contribution is -0.384. The number of nitro groups is 1. The molecule has 1 aromatic carbocycles. The summed E-state index contributed by atoms with van der Waals surface area (Å²) >= 11 is 11.8. The zero-order chi connectivity index (χ0) is 15.8. The van der Waals surface area contributed by atoms with Crippen molar-refractivity contribution < 1.29 is 9.66 Å². The first-order chi connectivity index (χ1) is 9.99. The van der Waals surface area contributed by atoms with Crippen molar-refractivity contribution in [2.75, 3.05) is 13.2 Å². The number of hydrogen-bond acceptors (Lipinski definition) is 5. The maximum atomic E-state index is 10.7. The number of rotatable bonds is 8. The summed E-state index contributed by atoms with van der Waals surface area (Å²) < 4.78 is 5.44. The largest absolute Gasteiger partial charge is 0.490 e. The van der Waals surface area contributed by atoms with Gasteiger partial charge in [-0.25, -0.2) is 0 Å². The minimum atomic E-state index is -0.581. The summed E-state index contributed by atoms with van der Waals surface area (Å²) in [4.78, 5) is 10.1. The van der Waals surface area contributed by atoms with E-state index in [1.807, 2.05) is 6.92 Å². The second kappa shape index (κ2) is 8.67. The molecule has 0 fully saturated rings. The van der Waals surface area contributed by atoms with E-state index in [0.717, 1.165) is 13.0 Å². The van der Waals surface area contributed by atoms with Gasteiger partial charge in [0.2, 0.25) is 0 Å². The van der Waals surface area contributed by atoms with Gasteiger partial charge in [0.25, 0.3) is 5.69 Å². The monoisotopic (exact) mass is 331 g/mol. The predicted molar refractivity (Wildman–Crippen MR) is 80.9 cm³/mol. The van der Waals surface area contributed by atoms with Gasteiger partial charge in [0.15, 0.2) is 5.75 Å². The van der Waals surface area contributed by atoms with Crippen LogP contribution >= 0.6 is 23.2 Å². The molecule has 0 heterocycles. The van der Waals surface area contributed by atoms with Crippen molar-refractivity contribution in [3.8, 4) is 11.8 Å². The van der Waals surface area contributed by atoms with Crippen LogP contribution in [0.15, 0.2) is 12.1 Å². The van der Waals surface area contributed by atoms with Gasteiger partial charge in [0.1, 0.15) is 0 Å². The van der Waals surface area contributed by atoms with E-state index in [2.05, 4.69) is 11.4 Å². The van der Waals surface area contributed by atoms with Gasteiger partial charge in [-0.15, -0.1) is 0 Å². The number of nitrogens with zero attached hydrogens (tertiary/aromatic N) is 2. The van der Waals surface area contributed by atoms with E-state index in [0.29, 0.717) is 6.42 Å². The normalized spacial score (nSPS) is 11.7. The Morgan fingerprint density at radius 1 is 1.48 bits per heavy atom. The summed E-state index contributed by atoms with van der Waals surface area (Å²) in [5.74, 6) is 0.191. The van der Waals surface area contributed by atoms with Gasteiger partial charge in [-0.2, -0.15) is 5.26 Å². The topological polar surface area (TPSA) is 88.2 Å². The quantitative estimate of drug-likeness (QED) is 0.581. The molecule has 0 radical (unpaired) electrons. The van der Waals surface area contributed by atoms with Crippen LogP contribution in [0.1, 0.15) is 19.8 Å². The van der Waals surface area contributed by atoms with E-state index in [1.165, 1.54) is 12.1 Å². The van der Waals surface area contributed by atoms with Gasteiger partial charge in [-0.1, -0.05) is 30.1 Å². The average Bonchev–Trinajstić information content (AvgIpc) is 2.44. The molecule has 1 aromatic rings. The van der Waals surface area contributed by atoms with E-state index in [1.54, 1.807) is 0 Å². The van der Waals surface area contributed by atoms with Crippen molar-refractivity contribution in [1.29, 1.82) is 5.26 Å². The minimum Gasteiger partial charge on any atom is -0.490 e. The molecule has 0 aliphatic carbocycles. The molecule has 114 valence electrons. The molecule has 21 heavy (non-hydrogen) atoms. The molecule has 0 saturated carbocycles. The summed E-state index contributed by atoms with van der Waals surface area (Å²) in [6, 6.07) is 4.17. The number of nitrogens with one attached hydrogen (secondary N) is 1. The number of halogens is 2. The standard InChI is InChI=1S/C13H15Cl2N3O3/c1-2-4-17-9(8-16)3-5-21-13-11(14)6-10(18(19)20)7-12(13)15/h6-7,9,17H,2-5H2,1H3. The van der Waals surface area contributed by atoms with E-state index in [-0.39, 0.29) is 34.1 Å². The van der Waals surface area contributed by atoms with Crippen LogP contribution in [0.4, 0.5) is 5.69 Å². The summed E-state index contributed by atoms with van der Waals surface area (Å²) in [6.07, 6.45) is 1.39. The number of benzene rings is 1. The Labute approximate surface area is 132 Å². The molecule has 6 nitrogen and oxygen atoms in total. The molecule has 0 aromatic heterocycles. The Morgan fingerprint density at radius 3 is 2.57 bits per heavy atom. The molecular weight excluding hydrogens is 317 g/mol. The molecule has 0 aliphatic heterocycles. The minimum absolute atomic E-state index is 0.0734. The molecule has 1 atom stereocenters. The van der Waals surface area contributed by atoms with Crippen molar-refractivity contribution in [2.24, 2.45) is 0 Å². The molecule has 8 heteroatoms. The molecule has 0 bridgehead atoms. The predicted octanol–water partition coefficient (Wildman–Crippen LogP) is 3.56. The first kappa shape index (κ1) is 17.5. The molecule has 0 aliphatic rings. The van der Waals surface area contributed by atoms with Crippen molar-refractivity contribution in [2.45, 2.75) is 25.8 Å². The molecule has 0 amide bonds. The fraction of sp³-hybridized carbons (Fsp3) is 0.462. The Morgan fingerprint density at radius 2 is 2.10 bits per heavy atom. The highest BCUT2D eigenvalue weighted by atomic mass is 35.5. The molecule has 1 N–H and O–H groups in total. The first-order valence-corrected chi connectivity index (χ1v) is 7.14.